The Morgan fingerprint density at radius 2 is 1.75 bits per heavy atom. The Bertz CT molecular complexity index is 582. The first-order valence-corrected chi connectivity index (χ1v) is 5.73. The molecule has 0 fully saturated rings. The summed E-state index contributed by atoms with van der Waals surface area (Å²) in [6.07, 6.45) is 1.07. The molecule has 1 heterocycles. The normalized spacial score (nSPS) is 12.4. The van der Waals surface area contributed by atoms with Gasteiger partial charge >= 0.3 is 0 Å². The van der Waals surface area contributed by atoms with Crippen molar-refractivity contribution >= 4 is 0 Å². The highest BCUT2D eigenvalue weighted by molar-refractivity contribution is 5.79. The summed E-state index contributed by atoms with van der Waals surface area (Å²) in [5.74, 6) is 0. The summed E-state index contributed by atoms with van der Waals surface area (Å²) in [7, 11) is 0. The van der Waals surface area contributed by atoms with Crippen LogP contribution in [0.25, 0.3) is 11.1 Å². The van der Waals surface area contributed by atoms with Gasteiger partial charge in [0.2, 0.25) is 0 Å². The number of nitrogens with zero attached hydrogens (tertiary/aromatic N) is 1. The van der Waals surface area contributed by atoms with Crippen LogP contribution in [0.2, 0.25) is 0 Å². The molecule has 0 unspecified atom stereocenters. The third kappa shape index (κ3) is 1.15. The minimum absolute atomic E-state index is 1.07. The summed E-state index contributed by atoms with van der Waals surface area (Å²) >= 11 is 0. The minimum Gasteiger partial charge on any atom is -0.258 e. The molecule has 1 aliphatic rings. The molecule has 1 nitrogen and oxygen atoms in total. The van der Waals surface area contributed by atoms with E-state index in [0.29, 0.717) is 0 Å². The van der Waals surface area contributed by atoms with E-state index >= 15 is 0 Å². The Hall–Kier alpha value is -1.63. The van der Waals surface area contributed by atoms with Crippen LogP contribution in [-0.2, 0) is 6.42 Å². The topological polar surface area (TPSA) is 12.9 Å². The predicted octanol–water partition coefficient (Wildman–Crippen LogP) is 3.58. The third-order valence-electron chi connectivity index (χ3n) is 3.65. The predicted molar refractivity (Wildman–Crippen MR) is 66.7 cm³/mol. The Morgan fingerprint density at radius 3 is 2.56 bits per heavy atom. The zero-order valence-electron chi connectivity index (χ0n) is 9.96. The molecule has 0 atom stereocenters. The molecule has 1 aromatic heterocycles. The average Bonchev–Trinajstić information content (AvgIpc) is 2.65. The van der Waals surface area contributed by atoms with Gasteiger partial charge in [0.15, 0.2) is 0 Å². The SMILES string of the molecule is Cc1nc(C)c2c(c1C)Cc1ccccc1-2. The lowest BCUT2D eigenvalue weighted by atomic mass is 10.0. The zero-order chi connectivity index (χ0) is 11.3. The molecule has 16 heavy (non-hydrogen) atoms. The maximum Gasteiger partial charge on any atom is 0.0457 e. The van der Waals surface area contributed by atoms with Crippen molar-refractivity contribution in [2.24, 2.45) is 0 Å². The van der Waals surface area contributed by atoms with Crippen molar-refractivity contribution < 1.29 is 0 Å². The Morgan fingerprint density at radius 1 is 1.00 bits per heavy atom. The molecule has 3 rings (SSSR count). The molecule has 1 heteroatoms. The molecule has 0 saturated heterocycles. The second kappa shape index (κ2) is 3.18. The number of benzene rings is 1. The molecule has 2 aromatic rings. The fourth-order valence-corrected chi connectivity index (χ4v) is 2.70. The largest absolute Gasteiger partial charge is 0.258 e. The van der Waals surface area contributed by atoms with E-state index < -0.39 is 0 Å². The summed E-state index contributed by atoms with van der Waals surface area (Å²) in [4.78, 5) is 4.64. The van der Waals surface area contributed by atoms with Crippen LogP contribution < -0.4 is 0 Å². The van der Waals surface area contributed by atoms with E-state index in [1.54, 1.807) is 0 Å². The van der Waals surface area contributed by atoms with Gasteiger partial charge in [0, 0.05) is 17.0 Å². The molecule has 0 saturated carbocycles. The molecule has 80 valence electrons. The summed E-state index contributed by atoms with van der Waals surface area (Å²) in [6, 6.07) is 8.67. The van der Waals surface area contributed by atoms with Crippen molar-refractivity contribution in [2.45, 2.75) is 27.2 Å². The van der Waals surface area contributed by atoms with Gasteiger partial charge in [-0.2, -0.15) is 0 Å². The van der Waals surface area contributed by atoms with Gasteiger partial charge in [0.25, 0.3) is 0 Å². The number of pyridine rings is 1. The van der Waals surface area contributed by atoms with E-state index in [2.05, 4.69) is 50.0 Å². The highest BCUT2D eigenvalue weighted by Crippen LogP contribution is 2.40. The number of hydrogen-bond acceptors (Lipinski definition) is 1. The standard InChI is InChI=1S/C15H15N/c1-9-10(2)16-11(3)15-13-7-5-4-6-12(13)8-14(9)15/h4-7H,8H2,1-3H3. The van der Waals surface area contributed by atoms with E-state index in [1.165, 1.54) is 39.2 Å². The van der Waals surface area contributed by atoms with Gasteiger partial charge in [-0.1, -0.05) is 24.3 Å². The van der Waals surface area contributed by atoms with Crippen molar-refractivity contribution in [3.8, 4) is 11.1 Å². The number of hydrogen-bond donors (Lipinski definition) is 0. The lowest BCUT2D eigenvalue weighted by Gasteiger charge is -2.10. The van der Waals surface area contributed by atoms with Gasteiger partial charge in [-0.25, -0.2) is 0 Å². The molecule has 1 aliphatic carbocycles. The molecular formula is C15H15N. The molecule has 0 aliphatic heterocycles. The lowest BCUT2D eigenvalue weighted by molar-refractivity contribution is 1.06. The first kappa shape index (κ1) is 9.59. The van der Waals surface area contributed by atoms with Crippen molar-refractivity contribution in [3.63, 3.8) is 0 Å². The van der Waals surface area contributed by atoms with Gasteiger partial charge in [-0.3, -0.25) is 4.98 Å². The van der Waals surface area contributed by atoms with Crippen molar-refractivity contribution in [1.82, 2.24) is 4.98 Å². The van der Waals surface area contributed by atoms with Crippen LogP contribution in [0.4, 0.5) is 0 Å². The smallest absolute Gasteiger partial charge is 0.0457 e. The average molecular weight is 209 g/mol. The zero-order valence-corrected chi connectivity index (χ0v) is 9.96. The van der Waals surface area contributed by atoms with Crippen LogP contribution in [0.15, 0.2) is 24.3 Å². The first-order valence-electron chi connectivity index (χ1n) is 5.73. The molecule has 0 radical (unpaired) electrons. The van der Waals surface area contributed by atoms with Crippen LogP contribution in [0.5, 0.6) is 0 Å². The van der Waals surface area contributed by atoms with Gasteiger partial charge in [-0.05, 0) is 49.4 Å². The van der Waals surface area contributed by atoms with E-state index in [4.69, 9.17) is 0 Å². The highest BCUT2D eigenvalue weighted by atomic mass is 14.7. The van der Waals surface area contributed by atoms with E-state index in [1.807, 2.05) is 0 Å². The van der Waals surface area contributed by atoms with Crippen molar-refractivity contribution in [2.75, 3.05) is 0 Å². The number of aryl methyl sites for hydroxylation is 2. The van der Waals surface area contributed by atoms with E-state index in [9.17, 15) is 0 Å². The summed E-state index contributed by atoms with van der Waals surface area (Å²) < 4.78 is 0. The van der Waals surface area contributed by atoms with E-state index in [-0.39, 0.29) is 0 Å². The molecule has 0 spiro atoms. The first-order chi connectivity index (χ1) is 7.68. The quantitative estimate of drug-likeness (QED) is 0.551. The van der Waals surface area contributed by atoms with Crippen molar-refractivity contribution in [3.05, 3.63) is 52.3 Å². The fourth-order valence-electron chi connectivity index (χ4n) is 2.70. The second-order valence-electron chi connectivity index (χ2n) is 4.60. The second-order valence-corrected chi connectivity index (χ2v) is 4.60. The number of rotatable bonds is 0. The van der Waals surface area contributed by atoms with Gasteiger partial charge in [-0.15, -0.1) is 0 Å². The number of fused-ring (bicyclic) bond motifs is 3. The van der Waals surface area contributed by atoms with Gasteiger partial charge < -0.3 is 0 Å². The molecule has 0 N–H and O–H groups in total. The maximum atomic E-state index is 4.64. The third-order valence-corrected chi connectivity index (χ3v) is 3.65. The molecule has 0 bridgehead atoms. The molecule has 0 amide bonds. The number of aromatic nitrogens is 1. The Labute approximate surface area is 96.2 Å². The van der Waals surface area contributed by atoms with Crippen LogP contribution in [0.3, 0.4) is 0 Å². The van der Waals surface area contributed by atoms with Crippen LogP contribution >= 0.6 is 0 Å². The summed E-state index contributed by atoms with van der Waals surface area (Å²) in [5.41, 5.74) is 9.37. The lowest BCUT2D eigenvalue weighted by Crippen LogP contribution is -1.97. The van der Waals surface area contributed by atoms with Crippen LogP contribution in [-0.4, -0.2) is 4.98 Å². The van der Waals surface area contributed by atoms with Gasteiger partial charge in [0.1, 0.15) is 0 Å². The molecular weight excluding hydrogens is 194 g/mol. The van der Waals surface area contributed by atoms with Crippen LogP contribution in [0, 0.1) is 20.8 Å². The maximum absolute atomic E-state index is 4.64. The summed E-state index contributed by atoms with van der Waals surface area (Å²) in [6.45, 7) is 6.41. The monoisotopic (exact) mass is 209 g/mol. The molecule has 1 aromatic carbocycles. The van der Waals surface area contributed by atoms with Crippen molar-refractivity contribution in [1.29, 1.82) is 0 Å². The minimum atomic E-state index is 1.07. The Kier molecular flexibility index (Phi) is 1.90. The fraction of sp³-hybridized carbons (Fsp3) is 0.267. The van der Waals surface area contributed by atoms with E-state index in [0.717, 1.165) is 6.42 Å². The Balaban J connectivity index is 2.37. The van der Waals surface area contributed by atoms with Crippen LogP contribution in [0.1, 0.15) is 28.1 Å². The highest BCUT2D eigenvalue weighted by Gasteiger charge is 2.22. The van der Waals surface area contributed by atoms with Gasteiger partial charge in [0.05, 0.1) is 0 Å². The summed E-state index contributed by atoms with van der Waals surface area (Å²) in [5, 5.41) is 0.